The van der Waals surface area contributed by atoms with E-state index in [4.69, 9.17) is 4.74 Å². The number of para-hydroxylation sites is 2. The summed E-state index contributed by atoms with van der Waals surface area (Å²) in [5, 5.41) is 12.1. The normalized spacial score (nSPS) is 14.0. The number of aromatic nitrogens is 3. The molecule has 0 atom stereocenters. The number of anilines is 2. The third-order valence-electron chi connectivity index (χ3n) is 6.27. The van der Waals surface area contributed by atoms with Crippen LogP contribution in [0.2, 0.25) is 0 Å². The summed E-state index contributed by atoms with van der Waals surface area (Å²) in [6.45, 7) is 4.09. The van der Waals surface area contributed by atoms with E-state index >= 15 is 0 Å². The zero-order valence-electron chi connectivity index (χ0n) is 19.4. The van der Waals surface area contributed by atoms with Crippen LogP contribution in [0, 0.1) is 10.1 Å². The summed E-state index contributed by atoms with van der Waals surface area (Å²) >= 11 is 0. The first kappa shape index (κ1) is 22.4. The van der Waals surface area contributed by atoms with Crippen LogP contribution < -0.4 is 15.2 Å². The van der Waals surface area contributed by atoms with Gasteiger partial charge in [-0.25, -0.2) is 9.78 Å². The average molecular weight is 476 g/mol. The fraction of sp³-hybridized carbons (Fsp3) is 0.292. The van der Waals surface area contributed by atoms with E-state index in [0.717, 1.165) is 17.0 Å². The number of aromatic amines is 1. The first-order chi connectivity index (χ1) is 16.9. The van der Waals surface area contributed by atoms with E-state index in [2.05, 4.69) is 14.9 Å². The number of nitro benzene ring substituents is 1. The number of nitrogens with zero attached hydrogens (tertiary/aromatic N) is 5. The van der Waals surface area contributed by atoms with Crippen molar-refractivity contribution in [1.29, 1.82) is 0 Å². The van der Waals surface area contributed by atoms with Crippen molar-refractivity contribution in [3.8, 4) is 0 Å². The largest absolute Gasteiger partial charge is 0.462 e. The second-order valence-electron chi connectivity index (χ2n) is 8.37. The van der Waals surface area contributed by atoms with E-state index in [1.807, 2.05) is 29.2 Å². The van der Waals surface area contributed by atoms with Crippen LogP contribution in [0.15, 0.2) is 47.4 Å². The lowest BCUT2D eigenvalue weighted by Crippen LogP contribution is -2.47. The van der Waals surface area contributed by atoms with Gasteiger partial charge in [0.15, 0.2) is 0 Å². The Morgan fingerprint density at radius 2 is 1.89 bits per heavy atom. The first-order valence-electron chi connectivity index (χ1n) is 11.3. The van der Waals surface area contributed by atoms with Crippen LogP contribution in [-0.4, -0.2) is 58.2 Å². The van der Waals surface area contributed by atoms with E-state index < -0.39 is 16.3 Å². The van der Waals surface area contributed by atoms with Crippen LogP contribution >= 0.6 is 0 Å². The summed E-state index contributed by atoms with van der Waals surface area (Å²) in [7, 11) is 1.69. The Morgan fingerprint density at radius 3 is 2.57 bits per heavy atom. The summed E-state index contributed by atoms with van der Waals surface area (Å²) in [6.07, 6.45) is 1.41. The Bertz CT molecular complexity index is 1480. The molecule has 0 radical (unpaired) electrons. The molecule has 180 valence electrons. The number of hydrogen-bond donors (Lipinski definition) is 1. The van der Waals surface area contributed by atoms with Gasteiger partial charge in [-0.05, 0) is 25.1 Å². The number of imidazole rings is 1. The third kappa shape index (κ3) is 3.94. The molecule has 5 rings (SSSR count). The molecule has 0 bridgehead atoms. The number of hydrogen-bond acceptors (Lipinski definition) is 8. The highest BCUT2D eigenvalue weighted by Gasteiger charge is 2.27. The van der Waals surface area contributed by atoms with Crippen LogP contribution in [0.1, 0.15) is 17.3 Å². The second kappa shape index (κ2) is 8.75. The van der Waals surface area contributed by atoms with E-state index in [-0.39, 0.29) is 23.2 Å². The zero-order chi connectivity index (χ0) is 24.7. The van der Waals surface area contributed by atoms with Gasteiger partial charge in [-0.2, -0.15) is 0 Å². The van der Waals surface area contributed by atoms with E-state index in [1.54, 1.807) is 24.6 Å². The zero-order valence-corrected chi connectivity index (χ0v) is 19.4. The number of nitro groups is 1. The van der Waals surface area contributed by atoms with Gasteiger partial charge in [-0.15, -0.1) is 0 Å². The molecule has 0 unspecified atom stereocenters. The van der Waals surface area contributed by atoms with Gasteiger partial charge in [0.2, 0.25) is 11.4 Å². The highest BCUT2D eigenvalue weighted by atomic mass is 16.6. The molecule has 11 heteroatoms. The highest BCUT2D eigenvalue weighted by molar-refractivity contribution is 5.96. The number of carbonyl (C=O) groups is 1. The maximum atomic E-state index is 13.0. The highest BCUT2D eigenvalue weighted by Crippen LogP contribution is 2.33. The van der Waals surface area contributed by atoms with Gasteiger partial charge < -0.3 is 24.1 Å². The van der Waals surface area contributed by atoms with E-state index in [0.29, 0.717) is 37.4 Å². The van der Waals surface area contributed by atoms with Gasteiger partial charge in [0.05, 0.1) is 33.5 Å². The molecule has 2 aromatic carbocycles. The maximum Gasteiger partial charge on any atom is 0.343 e. The smallest absolute Gasteiger partial charge is 0.343 e. The minimum atomic E-state index is -0.747. The Labute approximate surface area is 199 Å². The number of ether oxygens (including phenoxy) is 1. The second-order valence-corrected chi connectivity index (χ2v) is 8.37. The molecule has 1 aliphatic rings. The molecule has 3 heterocycles. The van der Waals surface area contributed by atoms with Gasteiger partial charge in [-0.3, -0.25) is 14.9 Å². The number of aryl methyl sites for hydroxylation is 1. The monoisotopic (exact) mass is 476 g/mol. The molecule has 11 nitrogen and oxygen atoms in total. The number of rotatable bonds is 5. The number of fused-ring (bicyclic) bond motifs is 2. The van der Waals surface area contributed by atoms with Gasteiger partial charge in [0.25, 0.3) is 5.69 Å². The van der Waals surface area contributed by atoms with Crippen molar-refractivity contribution < 1.29 is 14.5 Å². The van der Waals surface area contributed by atoms with Gasteiger partial charge in [0.1, 0.15) is 11.3 Å². The number of carbonyl (C=O) groups excluding carboxylic acids is 1. The number of esters is 1. The van der Waals surface area contributed by atoms with E-state index in [9.17, 15) is 19.7 Å². The molecule has 1 N–H and O–H groups in total. The number of piperazine rings is 1. The molecule has 0 amide bonds. The van der Waals surface area contributed by atoms with Crippen LogP contribution in [0.4, 0.5) is 17.3 Å². The molecular formula is C24H24N6O5. The van der Waals surface area contributed by atoms with Crippen molar-refractivity contribution in [3.63, 3.8) is 0 Å². The SMILES string of the molecule is CCOC(=O)c1cn(C)c2cc(N3CCN(c4nc5ccccc5[nH]4)CC3)c([N+](=O)[O-])cc2c1=O. The standard InChI is InChI=1S/C24H24N6O5/c1-3-35-23(32)16-14-27(2)19-13-20(21(30(33)34)12-15(19)22(16)31)28-8-10-29(11-9-28)24-25-17-6-4-5-7-18(17)26-24/h4-7,12-14H,3,8-11H2,1-2H3,(H,25,26). The van der Waals surface area contributed by atoms with E-state index in [1.165, 1.54) is 12.3 Å². The van der Waals surface area contributed by atoms with Gasteiger partial charge in [-0.1, -0.05) is 12.1 Å². The average Bonchev–Trinajstić information content (AvgIpc) is 3.30. The van der Waals surface area contributed by atoms with Crippen LogP contribution in [-0.2, 0) is 11.8 Å². The lowest BCUT2D eigenvalue weighted by atomic mass is 10.1. The Kier molecular flexibility index (Phi) is 5.59. The van der Waals surface area contributed by atoms with Crippen LogP contribution in [0.3, 0.4) is 0 Å². The Morgan fingerprint density at radius 1 is 1.17 bits per heavy atom. The molecule has 1 saturated heterocycles. The van der Waals surface area contributed by atoms with Crippen molar-refractivity contribution in [2.45, 2.75) is 6.92 Å². The number of nitrogens with one attached hydrogen (secondary N) is 1. The van der Waals surface area contributed by atoms with Crippen molar-refractivity contribution in [2.24, 2.45) is 7.05 Å². The molecule has 0 saturated carbocycles. The summed E-state index contributed by atoms with van der Waals surface area (Å²) in [5.74, 6) is 0.0243. The lowest BCUT2D eigenvalue weighted by molar-refractivity contribution is -0.384. The van der Waals surface area contributed by atoms with Crippen LogP contribution in [0.5, 0.6) is 0 Å². The number of pyridine rings is 1. The molecular weight excluding hydrogens is 452 g/mol. The molecule has 0 spiro atoms. The minimum absolute atomic E-state index is 0.106. The minimum Gasteiger partial charge on any atom is -0.462 e. The summed E-state index contributed by atoms with van der Waals surface area (Å²) in [5.41, 5.74) is 1.88. The summed E-state index contributed by atoms with van der Waals surface area (Å²) < 4.78 is 6.59. The van der Waals surface area contributed by atoms with Crippen molar-refractivity contribution in [2.75, 3.05) is 42.6 Å². The molecule has 1 aliphatic heterocycles. The number of benzene rings is 2. The van der Waals surface area contributed by atoms with Crippen molar-refractivity contribution in [3.05, 3.63) is 68.5 Å². The van der Waals surface area contributed by atoms with Crippen molar-refractivity contribution >= 4 is 45.2 Å². The first-order valence-corrected chi connectivity index (χ1v) is 11.3. The molecule has 2 aromatic heterocycles. The van der Waals surface area contributed by atoms with Gasteiger partial charge in [0, 0.05) is 45.5 Å². The maximum absolute atomic E-state index is 13.0. The molecule has 0 aliphatic carbocycles. The quantitative estimate of drug-likeness (QED) is 0.265. The fourth-order valence-corrected chi connectivity index (χ4v) is 4.51. The Hall–Kier alpha value is -4.41. The Balaban J connectivity index is 1.48. The number of H-pyrrole nitrogens is 1. The fourth-order valence-electron chi connectivity index (χ4n) is 4.51. The predicted octanol–water partition coefficient (Wildman–Crippen LogP) is 2.83. The third-order valence-corrected chi connectivity index (χ3v) is 6.27. The predicted molar refractivity (Wildman–Crippen MR) is 132 cm³/mol. The van der Waals surface area contributed by atoms with Crippen LogP contribution in [0.25, 0.3) is 21.9 Å². The lowest BCUT2D eigenvalue weighted by Gasteiger charge is -2.35. The summed E-state index contributed by atoms with van der Waals surface area (Å²) in [6, 6.07) is 10.7. The van der Waals surface area contributed by atoms with Gasteiger partial charge >= 0.3 is 5.97 Å². The summed E-state index contributed by atoms with van der Waals surface area (Å²) in [4.78, 5) is 48.7. The molecule has 4 aromatic rings. The molecule has 35 heavy (non-hydrogen) atoms. The topological polar surface area (TPSA) is 127 Å². The molecule has 1 fully saturated rings. The van der Waals surface area contributed by atoms with Crippen molar-refractivity contribution in [1.82, 2.24) is 14.5 Å².